The highest BCUT2D eigenvalue weighted by Crippen LogP contribution is 2.28. The molecule has 0 bridgehead atoms. The number of nitrogens with zero attached hydrogens (tertiary/aromatic N) is 1. The topological polar surface area (TPSA) is 79.2 Å². The maximum absolute atomic E-state index is 11.2. The second-order valence-corrected chi connectivity index (χ2v) is 6.32. The van der Waals surface area contributed by atoms with Crippen molar-refractivity contribution >= 4 is 15.5 Å². The normalized spacial score (nSPS) is 12.6. The molecule has 0 saturated heterocycles. The lowest BCUT2D eigenvalue weighted by Gasteiger charge is -2.17. The minimum Gasteiger partial charge on any atom is -0.495 e. The molecule has 0 saturated carbocycles. The predicted molar refractivity (Wildman–Crippen MR) is 70.5 cm³/mol. The first-order valence-corrected chi connectivity index (χ1v) is 7.45. The van der Waals surface area contributed by atoms with E-state index < -0.39 is 9.84 Å². The van der Waals surface area contributed by atoms with Crippen molar-refractivity contribution in [3.05, 3.63) is 23.8 Å². The number of nitriles is 1. The standard InChI is InChI=1S/C12H16N2O3S/c1-9(8-18(3,15)16)14-12-10(7-13)5-4-6-11(12)17-2/h4-6,9,14H,8H2,1-3H3. The number of rotatable bonds is 5. The molecule has 1 aromatic rings. The number of nitrogens with one attached hydrogen (secondary N) is 1. The van der Waals surface area contributed by atoms with Gasteiger partial charge in [-0.15, -0.1) is 0 Å². The zero-order chi connectivity index (χ0) is 13.8. The van der Waals surface area contributed by atoms with E-state index in [2.05, 4.69) is 5.32 Å². The fourth-order valence-electron chi connectivity index (χ4n) is 1.69. The summed E-state index contributed by atoms with van der Waals surface area (Å²) in [5, 5.41) is 12.0. The summed E-state index contributed by atoms with van der Waals surface area (Å²) < 4.78 is 27.6. The molecule has 0 heterocycles. The van der Waals surface area contributed by atoms with E-state index >= 15 is 0 Å². The molecule has 1 N–H and O–H groups in total. The fourth-order valence-corrected chi connectivity index (χ4v) is 2.68. The second kappa shape index (κ2) is 5.74. The summed E-state index contributed by atoms with van der Waals surface area (Å²) >= 11 is 0. The van der Waals surface area contributed by atoms with Crippen LogP contribution in [0, 0.1) is 11.3 Å². The molecule has 0 aliphatic carbocycles. The predicted octanol–water partition coefficient (Wildman–Crippen LogP) is 1.41. The van der Waals surface area contributed by atoms with Gasteiger partial charge in [0.1, 0.15) is 21.7 Å². The number of sulfone groups is 1. The molecule has 1 aromatic carbocycles. The molecular formula is C12H16N2O3S. The lowest BCUT2D eigenvalue weighted by molar-refractivity contribution is 0.416. The second-order valence-electron chi connectivity index (χ2n) is 4.13. The van der Waals surface area contributed by atoms with Gasteiger partial charge >= 0.3 is 0 Å². The van der Waals surface area contributed by atoms with E-state index in [9.17, 15) is 8.42 Å². The first-order valence-electron chi connectivity index (χ1n) is 5.38. The van der Waals surface area contributed by atoms with Gasteiger partial charge in [-0.3, -0.25) is 0 Å². The lowest BCUT2D eigenvalue weighted by atomic mass is 10.1. The van der Waals surface area contributed by atoms with E-state index in [1.54, 1.807) is 25.1 Å². The van der Waals surface area contributed by atoms with Crippen molar-refractivity contribution in [3.8, 4) is 11.8 Å². The summed E-state index contributed by atoms with van der Waals surface area (Å²) in [7, 11) is -1.57. The van der Waals surface area contributed by atoms with Gasteiger partial charge < -0.3 is 10.1 Å². The maximum atomic E-state index is 11.2. The van der Waals surface area contributed by atoms with Crippen LogP contribution in [0.4, 0.5) is 5.69 Å². The summed E-state index contributed by atoms with van der Waals surface area (Å²) in [6, 6.07) is 6.83. The first kappa shape index (κ1) is 14.3. The number of ether oxygens (including phenoxy) is 1. The number of para-hydroxylation sites is 1. The van der Waals surface area contributed by atoms with Crippen molar-refractivity contribution in [1.82, 2.24) is 0 Å². The van der Waals surface area contributed by atoms with Gasteiger partial charge in [-0.05, 0) is 19.1 Å². The number of anilines is 1. The third-order valence-corrected chi connectivity index (χ3v) is 3.42. The van der Waals surface area contributed by atoms with E-state index in [1.807, 2.05) is 6.07 Å². The molecule has 0 aliphatic heterocycles. The van der Waals surface area contributed by atoms with Crippen molar-refractivity contribution in [2.45, 2.75) is 13.0 Å². The largest absolute Gasteiger partial charge is 0.495 e. The molecule has 0 amide bonds. The van der Waals surface area contributed by atoms with Gasteiger partial charge in [-0.2, -0.15) is 5.26 Å². The van der Waals surface area contributed by atoms with Crippen LogP contribution in [0.15, 0.2) is 18.2 Å². The molecule has 5 nitrogen and oxygen atoms in total. The van der Waals surface area contributed by atoms with Crippen LogP contribution in [-0.4, -0.2) is 33.6 Å². The zero-order valence-electron chi connectivity index (χ0n) is 10.6. The van der Waals surface area contributed by atoms with E-state index in [1.165, 1.54) is 13.4 Å². The van der Waals surface area contributed by atoms with Crippen LogP contribution in [0.2, 0.25) is 0 Å². The quantitative estimate of drug-likeness (QED) is 0.873. The molecule has 0 radical (unpaired) electrons. The highest BCUT2D eigenvalue weighted by molar-refractivity contribution is 7.90. The van der Waals surface area contributed by atoms with E-state index in [-0.39, 0.29) is 11.8 Å². The summed E-state index contributed by atoms with van der Waals surface area (Å²) in [6.45, 7) is 1.74. The Morgan fingerprint density at radius 1 is 1.50 bits per heavy atom. The Morgan fingerprint density at radius 3 is 2.67 bits per heavy atom. The van der Waals surface area contributed by atoms with Crippen LogP contribution in [-0.2, 0) is 9.84 Å². The Balaban J connectivity index is 3.00. The van der Waals surface area contributed by atoms with Gasteiger partial charge in [0.15, 0.2) is 0 Å². The highest BCUT2D eigenvalue weighted by atomic mass is 32.2. The minimum atomic E-state index is -3.07. The smallest absolute Gasteiger partial charge is 0.149 e. The maximum Gasteiger partial charge on any atom is 0.149 e. The van der Waals surface area contributed by atoms with Crippen molar-refractivity contribution < 1.29 is 13.2 Å². The Bertz CT molecular complexity index is 561. The van der Waals surface area contributed by atoms with E-state index in [4.69, 9.17) is 10.00 Å². The summed E-state index contributed by atoms with van der Waals surface area (Å²) in [6.07, 6.45) is 1.18. The molecule has 18 heavy (non-hydrogen) atoms. The third-order valence-electron chi connectivity index (χ3n) is 2.31. The van der Waals surface area contributed by atoms with Crippen molar-refractivity contribution in [3.63, 3.8) is 0 Å². The molecule has 0 aliphatic rings. The van der Waals surface area contributed by atoms with Gasteiger partial charge in [0.05, 0.1) is 24.1 Å². The Morgan fingerprint density at radius 2 is 2.17 bits per heavy atom. The number of benzene rings is 1. The van der Waals surface area contributed by atoms with E-state index in [0.29, 0.717) is 17.0 Å². The highest BCUT2D eigenvalue weighted by Gasteiger charge is 2.15. The molecule has 1 unspecified atom stereocenters. The first-order chi connectivity index (χ1) is 8.37. The van der Waals surface area contributed by atoms with Gasteiger partial charge in [0.2, 0.25) is 0 Å². The molecular weight excluding hydrogens is 252 g/mol. The molecule has 98 valence electrons. The number of hydrogen-bond acceptors (Lipinski definition) is 5. The molecule has 1 atom stereocenters. The van der Waals surface area contributed by atoms with Crippen molar-refractivity contribution in [2.75, 3.05) is 24.4 Å². The van der Waals surface area contributed by atoms with Crippen molar-refractivity contribution in [1.29, 1.82) is 5.26 Å². The average molecular weight is 268 g/mol. The molecule has 6 heteroatoms. The third kappa shape index (κ3) is 3.93. The molecule has 0 spiro atoms. The fraction of sp³-hybridized carbons (Fsp3) is 0.417. The van der Waals surface area contributed by atoms with Crippen LogP contribution in [0.3, 0.4) is 0 Å². The summed E-state index contributed by atoms with van der Waals surface area (Å²) in [5.41, 5.74) is 0.952. The molecule has 1 rings (SSSR count). The average Bonchev–Trinajstić information content (AvgIpc) is 2.26. The minimum absolute atomic E-state index is 0.00405. The molecule has 0 aromatic heterocycles. The van der Waals surface area contributed by atoms with E-state index in [0.717, 1.165) is 0 Å². The lowest BCUT2D eigenvalue weighted by Crippen LogP contribution is -2.25. The zero-order valence-corrected chi connectivity index (χ0v) is 11.4. The Hall–Kier alpha value is -1.74. The van der Waals surface area contributed by atoms with Crippen LogP contribution in [0.25, 0.3) is 0 Å². The van der Waals surface area contributed by atoms with Crippen LogP contribution < -0.4 is 10.1 Å². The number of hydrogen-bond donors (Lipinski definition) is 1. The number of methoxy groups -OCH3 is 1. The van der Waals surface area contributed by atoms with Gasteiger partial charge in [-0.1, -0.05) is 6.07 Å². The molecule has 0 fully saturated rings. The van der Waals surface area contributed by atoms with Gasteiger partial charge in [0, 0.05) is 12.3 Å². The van der Waals surface area contributed by atoms with Crippen LogP contribution in [0.1, 0.15) is 12.5 Å². The Kier molecular flexibility index (Phi) is 4.56. The summed E-state index contributed by atoms with van der Waals surface area (Å²) in [4.78, 5) is 0. The van der Waals surface area contributed by atoms with Crippen molar-refractivity contribution in [2.24, 2.45) is 0 Å². The monoisotopic (exact) mass is 268 g/mol. The SMILES string of the molecule is COc1cccc(C#N)c1NC(C)CS(C)(=O)=O. The van der Waals surface area contributed by atoms with Gasteiger partial charge in [0.25, 0.3) is 0 Å². The summed E-state index contributed by atoms with van der Waals surface area (Å²) in [5.74, 6) is 0.519. The van der Waals surface area contributed by atoms with Crippen LogP contribution >= 0.6 is 0 Å². The Labute approximate surface area is 107 Å². The van der Waals surface area contributed by atoms with Gasteiger partial charge in [-0.25, -0.2) is 8.42 Å². The van der Waals surface area contributed by atoms with Crippen LogP contribution in [0.5, 0.6) is 5.75 Å².